The quantitative estimate of drug-likeness (QED) is 0.440. The van der Waals surface area contributed by atoms with Gasteiger partial charge in [-0.1, -0.05) is 30.0 Å². The molecule has 0 bridgehead atoms. The number of H-pyrrole nitrogens is 1. The molecule has 0 radical (unpaired) electrons. The molecule has 0 fully saturated rings. The van der Waals surface area contributed by atoms with Crippen LogP contribution in [0.4, 0.5) is 5.69 Å². The van der Waals surface area contributed by atoms with Crippen molar-refractivity contribution in [3.05, 3.63) is 58.1 Å². The van der Waals surface area contributed by atoms with Crippen molar-refractivity contribution in [2.24, 2.45) is 0 Å². The van der Waals surface area contributed by atoms with Crippen LogP contribution in [0.25, 0.3) is 11.0 Å². The number of aromatic nitrogens is 2. The first kappa shape index (κ1) is 14.4. The van der Waals surface area contributed by atoms with E-state index in [1.165, 1.54) is 24.9 Å². The first-order chi connectivity index (χ1) is 10.7. The van der Waals surface area contributed by atoms with Crippen LogP contribution < -0.4 is 4.74 Å². The van der Waals surface area contributed by atoms with Crippen LogP contribution in [0, 0.1) is 10.1 Å². The monoisotopic (exact) mass is 315 g/mol. The fraction of sp³-hybridized carbons (Fsp3) is 0.133. The zero-order chi connectivity index (χ0) is 15.5. The maximum absolute atomic E-state index is 11.0. The molecule has 0 unspecified atom stereocenters. The number of para-hydroxylation sites is 2. The molecule has 1 heterocycles. The zero-order valence-corrected chi connectivity index (χ0v) is 12.6. The molecule has 0 aliphatic rings. The molecule has 22 heavy (non-hydrogen) atoms. The summed E-state index contributed by atoms with van der Waals surface area (Å²) in [6.07, 6.45) is 0. The SMILES string of the molecule is COc1ccc(CSc2nc3ccccc3[nH]2)cc1[N+](=O)[O-]. The van der Waals surface area contributed by atoms with Crippen molar-refractivity contribution in [3.8, 4) is 5.75 Å². The first-order valence-corrected chi connectivity index (χ1v) is 7.55. The molecule has 2 aromatic carbocycles. The van der Waals surface area contributed by atoms with E-state index in [2.05, 4.69) is 9.97 Å². The van der Waals surface area contributed by atoms with E-state index < -0.39 is 4.92 Å². The van der Waals surface area contributed by atoms with Crippen molar-refractivity contribution in [2.45, 2.75) is 10.9 Å². The number of hydrogen-bond acceptors (Lipinski definition) is 5. The summed E-state index contributed by atoms with van der Waals surface area (Å²) in [6, 6.07) is 12.8. The van der Waals surface area contributed by atoms with Gasteiger partial charge in [0.1, 0.15) is 0 Å². The van der Waals surface area contributed by atoms with E-state index in [-0.39, 0.29) is 11.4 Å². The molecule has 0 aliphatic carbocycles. The van der Waals surface area contributed by atoms with Crippen LogP contribution in [0.2, 0.25) is 0 Å². The fourth-order valence-corrected chi connectivity index (χ4v) is 2.95. The number of imidazole rings is 1. The number of ether oxygens (including phenoxy) is 1. The van der Waals surface area contributed by atoms with Gasteiger partial charge in [0.2, 0.25) is 0 Å². The maximum atomic E-state index is 11.0. The van der Waals surface area contributed by atoms with Crippen LogP contribution in [-0.4, -0.2) is 22.0 Å². The molecule has 6 nitrogen and oxygen atoms in total. The lowest BCUT2D eigenvalue weighted by Crippen LogP contribution is -1.95. The van der Waals surface area contributed by atoms with E-state index in [9.17, 15) is 10.1 Å². The summed E-state index contributed by atoms with van der Waals surface area (Å²) in [6.45, 7) is 0. The number of nitrogens with zero attached hydrogens (tertiary/aromatic N) is 2. The lowest BCUT2D eigenvalue weighted by Gasteiger charge is -2.04. The molecule has 0 atom stereocenters. The van der Waals surface area contributed by atoms with Crippen LogP contribution in [0.5, 0.6) is 5.75 Å². The van der Waals surface area contributed by atoms with E-state index in [0.29, 0.717) is 5.75 Å². The van der Waals surface area contributed by atoms with Crippen LogP contribution >= 0.6 is 11.8 Å². The molecule has 0 spiro atoms. The van der Waals surface area contributed by atoms with E-state index in [0.717, 1.165) is 21.8 Å². The molecule has 112 valence electrons. The summed E-state index contributed by atoms with van der Waals surface area (Å²) in [5.41, 5.74) is 2.71. The third kappa shape index (κ3) is 2.89. The molecule has 0 saturated heterocycles. The van der Waals surface area contributed by atoms with Gasteiger partial charge in [0.25, 0.3) is 0 Å². The van der Waals surface area contributed by atoms with Crippen LogP contribution in [0.3, 0.4) is 0 Å². The van der Waals surface area contributed by atoms with Gasteiger partial charge < -0.3 is 9.72 Å². The summed E-state index contributed by atoms with van der Waals surface area (Å²) in [5.74, 6) is 0.854. The number of methoxy groups -OCH3 is 1. The largest absolute Gasteiger partial charge is 0.490 e. The van der Waals surface area contributed by atoms with Gasteiger partial charge in [0, 0.05) is 11.8 Å². The smallest absolute Gasteiger partial charge is 0.311 e. The minimum atomic E-state index is -0.436. The molecule has 0 aliphatic heterocycles. The second kappa shape index (κ2) is 6.07. The number of nitrogens with one attached hydrogen (secondary N) is 1. The van der Waals surface area contributed by atoms with Gasteiger partial charge in [0.05, 0.1) is 23.1 Å². The Kier molecular flexibility index (Phi) is 3.97. The maximum Gasteiger partial charge on any atom is 0.311 e. The van der Waals surface area contributed by atoms with Crippen LogP contribution in [0.15, 0.2) is 47.6 Å². The Bertz CT molecular complexity index is 799. The van der Waals surface area contributed by atoms with Gasteiger partial charge in [-0.2, -0.15) is 0 Å². The summed E-state index contributed by atoms with van der Waals surface area (Å²) >= 11 is 1.50. The number of nitro benzene ring substituents is 1. The van der Waals surface area contributed by atoms with Gasteiger partial charge in [-0.05, 0) is 23.8 Å². The Morgan fingerprint density at radius 2 is 2.14 bits per heavy atom. The van der Waals surface area contributed by atoms with Crippen molar-refractivity contribution in [2.75, 3.05) is 7.11 Å². The molecule has 0 saturated carbocycles. The summed E-state index contributed by atoms with van der Waals surface area (Å²) in [5, 5.41) is 11.8. The average molecular weight is 315 g/mol. The van der Waals surface area contributed by atoms with Gasteiger partial charge in [-0.15, -0.1) is 0 Å². The Morgan fingerprint density at radius 3 is 2.86 bits per heavy atom. The number of aromatic amines is 1. The van der Waals surface area contributed by atoms with Crippen molar-refractivity contribution in [1.29, 1.82) is 0 Å². The highest BCUT2D eigenvalue weighted by molar-refractivity contribution is 7.98. The second-order valence-corrected chi connectivity index (χ2v) is 5.58. The Hall–Kier alpha value is -2.54. The molecule has 3 rings (SSSR count). The van der Waals surface area contributed by atoms with Crippen molar-refractivity contribution >= 4 is 28.5 Å². The number of fused-ring (bicyclic) bond motifs is 1. The predicted molar refractivity (Wildman–Crippen MR) is 85.3 cm³/mol. The van der Waals surface area contributed by atoms with Crippen LogP contribution in [0.1, 0.15) is 5.56 Å². The number of thioether (sulfide) groups is 1. The van der Waals surface area contributed by atoms with Gasteiger partial charge >= 0.3 is 5.69 Å². The highest BCUT2D eigenvalue weighted by atomic mass is 32.2. The predicted octanol–water partition coefficient (Wildman–Crippen LogP) is 3.77. The normalized spacial score (nSPS) is 10.8. The number of nitro groups is 1. The Morgan fingerprint density at radius 1 is 1.32 bits per heavy atom. The minimum Gasteiger partial charge on any atom is -0.490 e. The number of rotatable bonds is 5. The lowest BCUT2D eigenvalue weighted by molar-refractivity contribution is -0.385. The molecule has 3 aromatic rings. The summed E-state index contributed by atoms with van der Waals surface area (Å²) < 4.78 is 5.00. The van der Waals surface area contributed by atoms with Gasteiger partial charge in [-0.25, -0.2) is 4.98 Å². The van der Waals surface area contributed by atoms with E-state index in [1.807, 2.05) is 30.3 Å². The highest BCUT2D eigenvalue weighted by Crippen LogP contribution is 2.30. The molecular weight excluding hydrogens is 302 g/mol. The molecule has 7 heteroatoms. The third-order valence-electron chi connectivity index (χ3n) is 3.18. The van der Waals surface area contributed by atoms with E-state index in [4.69, 9.17) is 4.74 Å². The third-order valence-corrected chi connectivity index (χ3v) is 4.13. The topological polar surface area (TPSA) is 81.0 Å². The van der Waals surface area contributed by atoms with Crippen molar-refractivity contribution < 1.29 is 9.66 Å². The first-order valence-electron chi connectivity index (χ1n) is 6.56. The molecule has 1 N–H and O–H groups in total. The van der Waals surface area contributed by atoms with Crippen molar-refractivity contribution in [3.63, 3.8) is 0 Å². The van der Waals surface area contributed by atoms with Gasteiger partial charge in [-0.3, -0.25) is 10.1 Å². The van der Waals surface area contributed by atoms with Crippen LogP contribution in [-0.2, 0) is 5.75 Å². The molecule has 1 aromatic heterocycles. The van der Waals surface area contributed by atoms with Gasteiger partial charge in [0.15, 0.2) is 10.9 Å². The number of benzene rings is 2. The molecule has 0 amide bonds. The summed E-state index contributed by atoms with van der Waals surface area (Å²) in [7, 11) is 1.42. The standard InChI is InChI=1S/C15H13N3O3S/c1-21-14-7-6-10(8-13(14)18(19)20)9-22-15-16-11-4-2-3-5-12(11)17-15/h2-8H,9H2,1H3,(H,16,17). The minimum absolute atomic E-state index is 0.0230. The average Bonchev–Trinajstić information content (AvgIpc) is 2.95. The Labute approximate surface area is 130 Å². The zero-order valence-electron chi connectivity index (χ0n) is 11.8. The lowest BCUT2D eigenvalue weighted by atomic mass is 10.2. The Balaban J connectivity index is 1.78. The number of hydrogen-bond donors (Lipinski definition) is 1. The fourth-order valence-electron chi connectivity index (χ4n) is 2.12. The highest BCUT2D eigenvalue weighted by Gasteiger charge is 2.15. The van der Waals surface area contributed by atoms with E-state index >= 15 is 0 Å². The summed E-state index contributed by atoms with van der Waals surface area (Å²) in [4.78, 5) is 18.3. The molecular formula is C15H13N3O3S. The van der Waals surface area contributed by atoms with E-state index in [1.54, 1.807) is 6.07 Å². The van der Waals surface area contributed by atoms with Crippen molar-refractivity contribution in [1.82, 2.24) is 9.97 Å². The second-order valence-electron chi connectivity index (χ2n) is 4.61.